The second-order valence-corrected chi connectivity index (χ2v) is 4.33. The van der Waals surface area contributed by atoms with Crippen molar-refractivity contribution in [3.8, 4) is 0 Å². The Bertz CT molecular complexity index is 386. The summed E-state index contributed by atoms with van der Waals surface area (Å²) in [5.41, 5.74) is 0. The fraction of sp³-hybridized carbons (Fsp3) is 0.778. The van der Waals surface area contributed by atoms with Gasteiger partial charge in [-0.25, -0.2) is 5.10 Å². The number of hydrogen-bond donors (Lipinski definition) is 1. The van der Waals surface area contributed by atoms with Crippen molar-refractivity contribution in [2.75, 3.05) is 31.7 Å². The summed E-state index contributed by atoms with van der Waals surface area (Å²) in [7, 11) is 3.68. The van der Waals surface area contributed by atoms with Crippen LogP contribution in [0.2, 0.25) is 0 Å². The van der Waals surface area contributed by atoms with Gasteiger partial charge in [0.05, 0.1) is 6.61 Å². The van der Waals surface area contributed by atoms with Crippen LogP contribution in [0.4, 0.5) is 5.95 Å². The van der Waals surface area contributed by atoms with Crippen LogP contribution in [-0.4, -0.2) is 41.6 Å². The summed E-state index contributed by atoms with van der Waals surface area (Å²) < 4.78 is 7.74. The summed E-state index contributed by atoms with van der Waals surface area (Å²) in [6.07, 6.45) is 1.16. The molecule has 15 heavy (non-hydrogen) atoms. The van der Waals surface area contributed by atoms with E-state index in [0.29, 0.717) is 10.7 Å². The van der Waals surface area contributed by atoms with Crippen LogP contribution in [0.5, 0.6) is 0 Å². The second kappa shape index (κ2) is 4.32. The minimum Gasteiger partial charge on any atom is -0.384 e. The molecule has 0 aromatic carbocycles. The van der Waals surface area contributed by atoms with E-state index in [1.54, 1.807) is 7.11 Å². The van der Waals surface area contributed by atoms with Gasteiger partial charge in [-0.3, -0.25) is 4.57 Å². The zero-order chi connectivity index (χ0) is 10.8. The molecule has 1 atom stereocenters. The number of nitrogens with zero attached hydrogens (tertiary/aromatic N) is 3. The largest absolute Gasteiger partial charge is 0.384 e. The summed E-state index contributed by atoms with van der Waals surface area (Å²) in [5, 5.41) is 7.03. The van der Waals surface area contributed by atoms with Crippen LogP contribution in [-0.2, 0) is 11.8 Å². The van der Waals surface area contributed by atoms with Crippen molar-refractivity contribution < 1.29 is 4.74 Å². The lowest BCUT2D eigenvalue weighted by molar-refractivity contribution is 0.161. The maximum atomic E-state index is 5.16. The number of rotatable bonds is 3. The third-order valence-corrected chi connectivity index (χ3v) is 3.19. The molecule has 2 heterocycles. The lowest BCUT2D eigenvalue weighted by Gasteiger charge is -2.16. The van der Waals surface area contributed by atoms with Crippen molar-refractivity contribution in [2.24, 2.45) is 13.0 Å². The first-order chi connectivity index (χ1) is 7.22. The van der Waals surface area contributed by atoms with Crippen LogP contribution in [0.1, 0.15) is 6.42 Å². The van der Waals surface area contributed by atoms with Crippen molar-refractivity contribution in [2.45, 2.75) is 6.42 Å². The maximum absolute atomic E-state index is 5.16. The Kier molecular flexibility index (Phi) is 3.06. The Labute approximate surface area is 94.0 Å². The predicted molar refractivity (Wildman–Crippen MR) is 60.6 cm³/mol. The van der Waals surface area contributed by atoms with Crippen molar-refractivity contribution in [3.05, 3.63) is 4.77 Å². The van der Waals surface area contributed by atoms with E-state index in [0.717, 1.165) is 32.1 Å². The highest BCUT2D eigenvalue weighted by molar-refractivity contribution is 7.71. The summed E-state index contributed by atoms with van der Waals surface area (Å²) in [4.78, 5) is 2.25. The van der Waals surface area contributed by atoms with Crippen molar-refractivity contribution in [1.29, 1.82) is 0 Å². The van der Waals surface area contributed by atoms with Crippen molar-refractivity contribution in [3.63, 3.8) is 0 Å². The standard InChI is InChI=1S/C9H16N4OS/c1-12-8(10-11-9(12)15)13-4-3-7(5-13)6-14-2/h7H,3-6H2,1-2H3,(H,11,15). The third-order valence-electron chi connectivity index (χ3n) is 2.83. The Morgan fingerprint density at radius 1 is 1.67 bits per heavy atom. The zero-order valence-electron chi connectivity index (χ0n) is 9.06. The SMILES string of the molecule is COCC1CCN(c2n[nH]c(=S)n2C)C1. The van der Waals surface area contributed by atoms with Gasteiger partial charge in [0.2, 0.25) is 5.95 Å². The highest BCUT2D eigenvalue weighted by Crippen LogP contribution is 2.21. The quantitative estimate of drug-likeness (QED) is 0.782. The summed E-state index contributed by atoms with van der Waals surface area (Å²) in [6, 6.07) is 0. The third kappa shape index (κ3) is 2.05. The molecule has 0 radical (unpaired) electrons. The number of hydrogen-bond acceptors (Lipinski definition) is 4. The number of methoxy groups -OCH3 is 1. The van der Waals surface area contributed by atoms with E-state index < -0.39 is 0 Å². The van der Waals surface area contributed by atoms with Crippen LogP contribution in [0.25, 0.3) is 0 Å². The van der Waals surface area contributed by atoms with E-state index in [9.17, 15) is 0 Å². The summed E-state index contributed by atoms with van der Waals surface area (Å²) in [5.74, 6) is 1.54. The van der Waals surface area contributed by atoms with E-state index >= 15 is 0 Å². The molecule has 0 amide bonds. The number of aromatic amines is 1. The molecule has 0 saturated carbocycles. The smallest absolute Gasteiger partial charge is 0.225 e. The molecule has 5 nitrogen and oxygen atoms in total. The average molecular weight is 228 g/mol. The maximum Gasteiger partial charge on any atom is 0.225 e. The molecule has 2 rings (SSSR count). The molecule has 84 valence electrons. The van der Waals surface area contributed by atoms with Crippen molar-refractivity contribution in [1.82, 2.24) is 14.8 Å². The average Bonchev–Trinajstić information content (AvgIpc) is 2.77. The number of H-pyrrole nitrogens is 1. The topological polar surface area (TPSA) is 46.1 Å². The van der Waals surface area contributed by atoms with Gasteiger partial charge in [-0.2, -0.15) is 0 Å². The molecule has 0 bridgehead atoms. The van der Waals surface area contributed by atoms with E-state index in [2.05, 4.69) is 15.1 Å². The van der Waals surface area contributed by atoms with Crippen LogP contribution in [0, 0.1) is 10.7 Å². The number of nitrogens with one attached hydrogen (secondary N) is 1. The Morgan fingerprint density at radius 2 is 2.47 bits per heavy atom. The molecule has 1 aliphatic heterocycles. The fourth-order valence-corrected chi connectivity index (χ4v) is 2.13. The summed E-state index contributed by atoms with van der Waals surface area (Å²) in [6.45, 7) is 2.86. The molecular weight excluding hydrogens is 212 g/mol. The molecular formula is C9H16N4OS. The minimum absolute atomic E-state index is 0.611. The molecule has 1 aromatic heterocycles. The monoisotopic (exact) mass is 228 g/mol. The van der Waals surface area contributed by atoms with Gasteiger partial charge in [0.15, 0.2) is 4.77 Å². The number of aromatic nitrogens is 3. The molecule has 1 aromatic rings. The lowest BCUT2D eigenvalue weighted by Crippen LogP contribution is -2.23. The molecule has 1 N–H and O–H groups in total. The van der Waals surface area contributed by atoms with Crippen LogP contribution < -0.4 is 4.90 Å². The highest BCUT2D eigenvalue weighted by atomic mass is 32.1. The normalized spacial score (nSPS) is 21.2. The number of anilines is 1. The molecule has 1 unspecified atom stereocenters. The van der Waals surface area contributed by atoms with Gasteiger partial charge in [0, 0.05) is 33.2 Å². The molecule has 6 heteroatoms. The predicted octanol–water partition coefficient (Wildman–Crippen LogP) is 0.950. The molecule has 1 fully saturated rings. The molecule has 1 aliphatic rings. The first-order valence-corrected chi connectivity index (χ1v) is 5.48. The lowest BCUT2D eigenvalue weighted by atomic mass is 10.1. The van der Waals surface area contributed by atoms with Gasteiger partial charge >= 0.3 is 0 Å². The van der Waals surface area contributed by atoms with Crippen LogP contribution >= 0.6 is 12.2 Å². The van der Waals surface area contributed by atoms with E-state index in [1.165, 1.54) is 0 Å². The van der Waals surface area contributed by atoms with E-state index in [4.69, 9.17) is 17.0 Å². The van der Waals surface area contributed by atoms with Crippen LogP contribution in [0.15, 0.2) is 0 Å². The first kappa shape index (κ1) is 10.6. The van der Waals surface area contributed by atoms with Crippen molar-refractivity contribution >= 4 is 18.2 Å². The molecule has 1 saturated heterocycles. The zero-order valence-corrected chi connectivity index (χ0v) is 9.88. The first-order valence-electron chi connectivity index (χ1n) is 5.07. The fourth-order valence-electron chi connectivity index (χ4n) is 2.01. The molecule has 0 aliphatic carbocycles. The summed E-state index contributed by atoms with van der Waals surface area (Å²) >= 11 is 5.08. The van der Waals surface area contributed by atoms with Gasteiger partial charge in [-0.15, -0.1) is 5.10 Å². The van der Waals surface area contributed by atoms with Gasteiger partial charge in [-0.1, -0.05) is 0 Å². The van der Waals surface area contributed by atoms with Gasteiger partial charge < -0.3 is 9.64 Å². The van der Waals surface area contributed by atoms with Gasteiger partial charge in [-0.05, 0) is 18.6 Å². The second-order valence-electron chi connectivity index (χ2n) is 3.94. The van der Waals surface area contributed by atoms with E-state index in [-0.39, 0.29) is 0 Å². The Balaban J connectivity index is 2.08. The van der Waals surface area contributed by atoms with Gasteiger partial charge in [0.25, 0.3) is 0 Å². The Morgan fingerprint density at radius 3 is 3.07 bits per heavy atom. The number of ether oxygens (including phenoxy) is 1. The van der Waals surface area contributed by atoms with E-state index in [1.807, 2.05) is 11.6 Å². The highest BCUT2D eigenvalue weighted by Gasteiger charge is 2.25. The molecule has 0 spiro atoms. The van der Waals surface area contributed by atoms with Gasteiger partial charge in [0.1, 0.15) is 0 Å². The Hall–Kier alpha value is -0.880. The van der Waals surface area contributed by atoms with Crippen LogP contribution in [0.3, 0.4) is 0 Å². The minimum atomic E-state index is 0.611.